The molecule has 0 saturated carbocycles. The number of thioether (sulfide) groups is 1. The molecule has 1 atom stereocenters. The third kappa shape index (κ3) is 4.25. The van der Waals surface area contributed by atoms with Crippen molar-refractivity contribution >= 4 is 23.4 Å². The van der Waals surface area contributed by atoms with Crippen LogP contribution < -0.4 is 9.64 Å². The Morgan fingerprint density at radius 3 is 2.81 bits per heavy atom. The van der Waals surface area contributed by atoms with Crippen LogP contribution in [0.2, 0.25) is 0 Å². The number of anilines is 1. The number of carbonyl (C=O) groups is 1. The van der Waals surface area contributed by atoms with E-state index in [1.54, 1.807) is 7.11 Å². The minimum absolute atomic E-state index is 0.0950. The Morgan fingerprint density at radius 1 is 1.19 bits per heavy atom. The van der Waals surface area contributed by atoms with E-state index < -0.39 is 0 Å². The molecule has 1 saturated heterocycles. The molecule has 3 aromatic rings. The van der Waals surface area contributed by atoms with E-state index >= 15 is 0 Å². The largest absolute Gasteiger partial charge is 0.497 e. The summed E-state index contributed by atoms with van der Waals surface area (Å²) >= 11 is 1.44. The quantitative estimate of drug-likeness (QED) is 0.510. The van der Waals surface area contributed by atoms with Crippen molar-refractivity contribution in [3.05, 3.63) is 54.1 Å². The first-order chi connectivity index (χ1) is 15.7. The molecule has 1 unspecified atom stereocenters. The van der Waals surface area contributed by atoms with E-state index in [1.807, 2.05) is 47.4 Å². The van der Waals surface area contributed by atoms with Gasteiger partial charge in [0.15, 0.2) is 11.0 Å². The zero-order valence-electron chi connectivity index (χ0n) is 18.1. The zero-order chi connectivity index (χ0) is 21.9. The first-order valence-electron chi connectivity index (χ1n) is 10.9. The number of para-hydroxylation sites is 1. The summed E-state index contributed by atoms with van der Waals surface area (Å²) in [7, 11) is 1.65. The highest BCUT2D eigenvalue weighted by Crippen LogP contribution is 2.30. The SMILES string of the molecule is COc1ccc(-c2nnc(SCC(=O)N3CCc4ccccc43)n2CC2CCCO2)cc1. The molecule has 0 N–H and O–H groups in total. The molecular weight excluding hydrogens is 424 g/mol. The van der Waals surface area contributed by atoms with Gasteiger partial charge in [-0.1, -0.05) is 30.0 Å². The molecule has 0 radical (unpaired) electrons. The van der Waals surface area contributed by atoms with Crippen molar-refractivity contribution in [2.45, 2.75) is 37.1 Å². The summed E-state index contributed by atoms with van der Waals surface area (Å²) in [4.78, 5) is 14.9. The van der Waals surface area contributed by atoms with Crippen LogP contribution in [0.4, 0.5) is 5.69 Å². The number of methoxy groups -OCH3 is 1. The summed E-state index contributed by atoms with van der Waals surface area (Å²) in [5.74, 6) is 1.99. The Labute approximate surface area is 191 Å². The minimum Gasteiger partial charge on any atom is -0.497 e. The second-order valence-electron chi connectivity index (χ2n) is 7.99. The number of amides is 1. The molecule has 2 aromatic carbocycles. The lowest BCUT2D eigenvalue weighted by Crippen LogP contribution is -2.30. The molecule has 32 heavy (non-hydrogen) atoms. The lowest BCUT2D eigenvalue weighted by molar-refractivity contribution is -0.116. The van der Waals surface area contributed by atoms with Gasteiger partial charge >= 0.3 is 0 Å². The van der Waals surface area contributed by atoms with Crippen molar-refractivity contribution in [3.63, 3.8) is 0 Å². The Bertz CT molecular complexity index is 1090. The molecule has 0 spiro atoms. The Kier molecular flexibility index (Phi) is 6.14. The predicted octanol–water partition coefficient (Wildman–Crippen LogP) is 3.81. The summed E-state index contributed by atoms with van der Waals surface area (Å²) in [5, 5.41) is 9.65. The molecule has 5 rings (SSSR count). The van der Waals surface area contributed by atoms with Gasteiger partial charge in [0.1, 0.15) is 5.75 Å². The van der Waals surface area contributed by atoms with Gasteiger partial charge in [0.2, 0.25) is 5.91 Å². The third-order valence-electron chi connectivity index (χ3n) is 5.99. The van der Waals surface area contributed by atoms with E-state index in [0.717, 1.165) is 60.4 Å². The highest BCUT2D eigenvalue weighted by atomic mass is 32.2. The Balaban J connectivity index is 1.35. The van der Waals surface area contributed by atoms with Crippen molar-refractivity contribution in [2.24, 2.45) is 0 Å². The molecule has 2 aliphatic rings. The van der Waals surface area contributed by atoms with Crippen molar-refractivity contribution in [2.75, 3.05) is 30.9 Å². The van der Waals surface area contributed by atoms with Crippen LogP contribution in [0, 0.1) is 0 Å². The molecule has 2 aliphatic heterocycles. The molecule has 3 heterocycles. The predicted molar refractivity (Wildman–Crippen MR) is 124 cm³/mol. The van der Waals surface area contributed by atoms with Crippen molar-refractivity contribution in [1.82, 2.24) is 14.8 Å². The fourth-order valence-corrected chi connectivity index (χ4v) is 5.13. The monoisotopic (exact) mass is 450 g/mol. The van der Waals surface area contributed by atoms with Gasteiger partial charge in [0.25, 0.3) is 0 Å². The standard InChI is InChI=1S/C24H26N4O3S/c1-30-19-10-8-18(9-11-19)23-25-26-24(28(23)15-20-6-4-14-31-20)32-16-22(29)27-13-12-17-5-2-3-7-21(17)27/h2-3,5,7-11,20H,4,6,12-16H2,1H3. The van der Waals surface area contributed by atoms with Crippen molar-refractivity contribution in [3.8, 4) is 17.1 Å². The van der Waals surface area contributed by atoms with Crippen LogP contribution in [0.15, 0.2) is 53.7 Å². The van der Waals surface area contributed by atoms with Gasteiger partial charge in [-0.25, -0.2) is 0 Å². The molecule has 166 valence electrons. The number of nitrogens with zero attached hydrogens (tertiary/aromatic N) is 4. The molecule has 0 aliphatic carbocycles. The van der Waals surface area contributed by atoms with Gasteiger partial charge in [-0.15, -0.1) is 10.2 Å². The highest BCUT2D eigenvalue weighted by Gasteiger charge is 2.26. The third-order valence-corrected chi connectivity index (χ3v) is 6.94. The van der Waals surface area contributed by atoms with Crippen LogP contribution in [-0.4, -0.2) is 52.8 Å². The first-order valence-corrected chi connectivity index (χ1v) is 11.9. The van der Waals surface area contributed by atoms with Gasteiger partial charge in [-0.05, 0) is 55.2 Å². The van der Waals surface area contributed by atoms with E-state index in [-0.39, 0.29) is 12.0 Å². The number of ether oxygens (including phenoxy) is 2. The van der Waals surface area contributed by atoms with Crippen molar-refractivity contribution in [1.29, 1.82) is 0 Å². The maximum Gasteiger partial charge on any atom is 0.237 e. The molecule has 1 amide bonds. The summed E-state index contributed by atoms with van der Waals surface area (Å²) in [6.07, 6.45) is 3.14. The van der Waals surface area contributed by atoms with Crippen LogP contribution >= 0.6 is 11.8 Å². The number of benzene rings is 2. The van der Waals surface area contributed by atoms with E-state index in [2.05, 4.69) is 20.8 Å². The Hall–Kier alpha value is -2.84. The number of hydrogen-bond donors (Lipinski definition) is 0. The van der Waals surface area contributed by atoms with E-state index in [1.165, 1.54) is 17.3 Å². The molecule has 1 fully saturated rings. The van der Waals surface area contributed by atoms with E-state index in [9.17, 15) is 4.79 Å². The fraction of sp³-hybridized carbons (Fsp3) is 0.375. The number of aromatic nitrogens is 3. The summed E-state index contributed by atoms with van der Waals surface area (Å²) in [5.41, 5.74) is 3.22. The average Bonchev–Trinajstić information content (AvgIpc) is 3.58. The van der Waals surface area contributed by atoms with Gasteiger partial charge < -0.3 is 14.4 Å². The van der Waals surface area contributed by atoms with Crippen LogP contribution in [0.25, 0.3) is 11.4 Å². The maximum atomic E-state index is 13.0. The fourth-order valence-electron chi connectivity index (χ4n) is 4.31. The minimum atomic E-state index is 0.0950. The maximum absolute atomic E-state index is 13.0. The second-order valence-corrected chi connectivity index (χ2v) is 8.94. The molecule has 1 aromatic heterocycles. The molecule has 7 nitrogen and oxygen atoms in total. The van der Waals surface area contributed by atoms with Crippen LogP contribution in [0.3, 0.4) is 0 Å². The van der Waals surface area contributed by atoms with E-state index in [0.29, 0.717) is 12.3 Å². The lowest BCUT2D eigenvalue weighted by Gasteiger charge is -2.18. The van der Waals surface area contributed by atoms with Gasteiger partial charge in [-0.3, -0.25) is 9.36 Å². The van der Waals surface area contributed by atoms with Gasteiger partial charge in [0, 0.05) is 24.4 Å². The number of rotatable bonds is 7. The van der Waals surface area contributed by atoms with Crippen molar-refractivity contribution < 1.29 is 14.3 Å². The Morgan fingerprint density at radius 2 is 2.03 bits per heavy atom. The topological polar surface area (TPSA) is 69.5 Å². The summed E-state index contributed by atoms with van der Waals surface area (Å²) in [6.45, 7) is 2.20. The normalized spacial score (nSPS) is 17.5. The molecule has 0 bridgehead atoms. The summed E-state index contributed by atoms with van der Waals surface area (Å²) < 4.78 is 13.2. The van der Waals surface area contributed by atoms with E-state index in [4.69, 9.17) is 9.47 Å². The van der Waals surface area contributed by atoms with Gasteiger partial charge in [0.05, 0.1) is 25.5 Å². The number of fused-ring (bicyclic) bond motifs is 1. The number of carbonyl (C=O) groups excluding carboxylic acids is 1. The zero-order valence-corrected chi connectivity index (χ0v) is 18.9. The second kappa shape index (κ2) is 9.34. The van der Waals surface area contributed by atoms with Crippen LogP contribution in [0.1, 0.15) is 18.4 Å². The lowest BCUT2D eigenvalue weighted by atomic mass is 10.2. The average molecular weight is 451 g/mol. The van der Waals surface area contributed by atoms with Crippen LogP contribution in [0.5, 0.6) is 5.75 Å². The first kappa shape index (κ1) is 21.0. The molecular formula is C24H26N4O3S. The number of hydrogen-bond acceptors (Lipinski definition) is 6. The summed E-state index contributed by atoms with van der Waals surface area (Å²) in [6, 6.07) is 15.9. The molecule has 8 heteroatoms. The van der Waals surface area contributed by atoms with Gasteiger partial charge in [-0.2, -0.15) is 0 Å². The van der Waals surface area contributed by atoms with Crippen LogP contribution in [-0.2, 0) is 22.5 Å². The highest BCUT2D eigenvalue weighted by molar-refractivity contribution is 7.99. The smallest absolute Gasteiger partial charge is 0.237 e.